The molecule has 1 saturated heterocycles. The zero-order chi connectivity index (χ0) is 15.4. The largest absolute Gasteiger partial charge is 0.377 e. The predicted molar refractivity (Wildman–Crippen MR) is 84.1 cm³/mol. The Hall–Kier alpha value is -1.58. The third kappa shape index (κ3) is 3.96. The molecule has 0 aliphatic carbocycles. The van der Waals surface area contributed by atoms with Crippen LogP contribution < -0.4 is 10.2 Å². The first-order valence-electron chi connectivity index (χ1n) is 6.86. The minimum absolute atomic E-state index is 0.0526. The minimum Gasteiger partial charge on any atom is -0.377 e. The second kappa shape index (κ2) is 6.92. The number of hydrogen-bond donors (Lipinski definition) is 1. The van der Waals surface area contributed by atoms with Gasteiger partial charge >= 0.3 is 0 Å². The lowest BCUT2D eigenvalue weighted by Crippen LogP contribution is -2.55. The van der Waals surface area contributed by atoms with Gasteiger partial charge in [0.05, 0.1) is 24.8 Å². The number of morpholine rings is 1. The molecule has 1 aliphatic rings. The first-order valence-corrected chi connectivity index (χ1v) is 7.66. The van der Waals surface area contributed by atoms with Gasteiger partial charge in [-0.2, -0.15) is 5.26 Å². The van der Waals surface area contributed by atoms with Gasteiger partial charge in [0.1, 0.15) is 6.04 Å². The lowest BCUT2D eigenvalue weighted by molar-refractivity contribution is -0.125. The molecule has 1 amide bonds. The van der Waals surface area contributed by atoms with Crippen molar-refractivity contribution in [3.05, 3.63) is 28.2 Å². The number of halogens is 1. The Morgan fingerprint density at radius 1 is 1.52 bits per heavy atom. The number of benzene rings is 1. The van der Waals surface area contributed by atoms with Crippen molar-refractivity contribution in [3.8, 4) is 6.07 Å². The van der Waals surface area contributed by atoms with Crippen LogP contribution in [0, 0.1) is 11.3 Å². The number of anilines is 1. The van der Waals surface area contributed by atoms with Crippen molar-refractivity contribution in [2.24, 2.45) is 0 Å². The summed E-state index contributed by atoms with van der Waals surface area (Å²) in [7, 11) is 0. The highest BCUT2D eigenvalue weighted by molar-refractivity contribution is 9.10. The van der Waals surface area contributed by atoms with Gasteiger partial charge in [-0.25, -0.2) is 0 Å². The van der Waals surface area contributed by atoms with Crippen LogP contribution in [0.15, 0.2) is 22.7 Å². The van der Waals surface area contributed by atoms with Gasteiger partial charge in [0.25, 0.3) is 0 Å². The maximum atomic E-state index is 12.3. The van der Waals surface area contributed by atoms with E-state index in [9.17, 15) is 4.79 Å². The molecule has 112 valence electrons. The summed E-state index contributed by atoms with van der Waals surface area (Å²) in [5.74, 6) is -0.0526. The van der Waals surface area contributed by atoms with E-state index in [0.29, 0.717) is 25.3 Å². The van der Waals surface area contributed by atoms with Crippen LogP contribution in [0.3, 0.4) is 0 Å². The highest BCUT2D eigenvalue weighted by Crippen LogP contribution is 2.25. The number of nitriles is 1. The number of ether oxygens (including phenoxy) is 1. The Kier molecular flexibility index (Phi) is 5.21. The standard InChI is InChI=1S/C15H18BrN3O2/c1-10(2)18-15(20)14-9-21-4-3-19(14)13-6-11(8-17)5-12(16)7-13/h5-7,10,14H,3-4,9H2,1-2H3,(H,18,20). The summed E-state index contributed by atoms with van der Waals surface area (Å²) in [4.78, 5) is 14.3. The zero-order valence-corrected chi connectivity index (χ0v) is 13.7. The van der Waals surface area contributed by atoms with E-state index in [0.717, 1.165) is 10.2 Å². The lowest BCUT2D eigenvalue weighted by atomic mass is 10.1. The van der Waals surface area contributed by atoms with Gasteiger partial charge < -0.3 is 15.0 Å². The van der Waals surface area contributed by atoms with Crippen molar-refractivity contribution in [2.45, 2.75) is 25.9 Å². The van der Waals surface area contributed by atoms with Gasteiger partial charge in [-0.3, -0.25) is 4.79 Å². The summed E-state index contributed by atoms with van der Waals surface area (Å²) in [5, 5.41) is 12.0. The first kappa shape index (κ1) is 15.8. The van der Waals surface area contributed by atoms with Gasteiger partial charge in [-0.05, 0) is 32.0 Å². The van der Waals surface area contributed by atoms with Crippen molar-refractivity contribution in [3.63, 3.8) is 0 Å². The molecule has 1 aromatic carbocycles. The molecule has 1 N–H and O–H groups in total. The van der Waals surface area contributed by atoms with Crippen LogP contribution in [0.4, 0.5) is 5.69 Å². The molecule has 6 heteroatoms. The first-order chi connectivity index (χ1) is 10.0. The van der Waals surface area contributed by atoms with Gasteiger partial charge in [0.2, 0.25) is 5.91 Å². The van der Waals surface area contributed by atoms with Gasteiger partial charge in [-0.15, -0.1) is 0 Å². The average molecular weight is 352 g/mol. The van der Waals surface area contributed by atoms with E-state index in [1.807, 2.05) is 24.8 Å². The summed E-state index contributed by atoms with van der Waals surface area (Å²) in [6.07, 6.45) is 0. The van der Waals surface area contributed by atoms with Crippen molar-refractivity contribution in [1.82, 2.24) is 5.32 Å². The fourth-order valence-corrected chi connectivity index (χ4v) is 2.80. The average Bonchev–Trinajstić information content (AvgIpc) is 2.45. The summed E-state index contributed by atoms with van der Waals surface area (Å²) >= 11 is 3.41. The molecule has 0 spiro atoms. The topological polar surface area (TPSA) is 65.4 Å². The van der Waals surface area contributed by atoms with E-state index in [1.54, 1.807) is 12.1 Å². The van der Waals surface area contributed by atoms with E-state index in [-0.39, 0.29) is 18.0 Å². The number of nitrogens with one attached hydrogen (secondary N) is 1. The number of carbonyl (C=O) groups excluding carboxylic acids is 1. The normalized spacial score (nSPS) is 18.4. The monoisotopic (exact) mass is 351 g/mol. The second-order valence-electron chi connectivity index (χ2n) is 5.26. The van der Waals surface area contributed by atoms with Crippen LogP contribution in [-0.4, -0.2) is 37.7 Å². The molecule has 21 heavy (non-hydrogen) atoms. The van der Waals surface area contributed by atoms with Gasteiger partial charge in [-0.1, -0.05) is 15.9 Å². The Morgan fingerprint density at radius 3 is 2.95 bits per heavy atom. The molecule has 2 rings (SSSR count). The third-order valence-electron chi connectivity index (χ3n) is 3.21. The Labute approximate surface area is 133 Å². The zero-order valence-electron chi connectivity index (χ0n) is 12.1. The second-order valence-corrected chi connectivity index (χ2v) is 6.17. The van der Waals surface area contributed by atoms with Crippen molar-refractivity contribution in [1.29, 1.82) is 5.26 Å². The molecule has 5 nitrogen and oxygen atoms in total. The van der Waals surface area contributed by atoms with Crippen LogP contribution in [0.5, 0.6) is 0 Å². The third-order valence-corrected chi connectivity index (χ3v) is 3.66. The van der Waals surface area contributed by atoms with Crippen molar-refractivity contribution < 1.29 is 9.53 Å². The number of rotatable bonds is 3. The molecule has 1 fully saturated rings. The number of nitrogens with zero attached hydrogens (tertiary/aromatic N) is 2. The Balaban J connectivity index is 2.28. The summed E-state index contributed by atoms with van der Waals surface area (Å²) in [5.41, 5.74) is 1.42. The molecule has 1 aromatic rings. The van der Waals surface area contributed by atoms with Crippen LogP contribution in [0.1, 0.15) is 19.4 Å². The molecule has 0 aromatic heterocycles. The predicted octanol–water partition coefficient (Wildman–Crippen LogP) is 2.05. The van der Waals surface area contributed by atoms with E-state index in [4.69, 9.17) is 10.00 Å². The molecule has 0 radical (unpaired) electrons. The van der Waals surface area contributed by atoms with Crippen molar-refractivity contribution in [2.75, 3.05) is 24.7 Å². The fourth-order valence-electron chi connectivity index (χ4n) is 2.32. The maximum absolute atomic E-state index is 12.3. The number of amides is 1. The summed E-state index contributed by atoms with van der Waals surface area (Å²) in [6, 6.07) is 7.32. The molecule has 1 aliphatic heterocycles. The van der Waals surface area contributed by atoms with Crippen molar-refractivity contribution >= 4 is 27.5 Å². The van der Waals surface area contributed by atoms with Crippen LogP contribution in [0.2, 0.25) is 0 Å². The van der Waals surface area contributed by atoms with Gasteiger partial charge in [0, 0.05) is 22.7 Å². The fraction of sp³-hybridized carbons (Fsp3) is 0.467. The molecular weight excluding hydrogens is 334 g/mol. The van der Waals surface area contributed by atoms with E-state index in [2.05, 4.69) is 27.3 Å². The smallest absolute Gasteiger partial charge is 0.245 e. The Morgan fingerprint density at radius 2 is 2.29 bits per heavy atom. The maximum Gasteiger partial charge on any atom is 0.245 e. The van der Waals surface area contributed by atoms with Crippen LogP contribution >= 0.6 is 15.9 Å². The minimum atomic E-state index is -0.373. The highest BCUT2D eigenvalue weighted by atomic mass is 79.9. The quantitative estimate of drug-likeness (QED) is 0.904. The molecule has 0 bridgehead atoms. The molecular formula is C15H18BrN3O2. The SMILES string of the molecule is CC(C)NC(=O)C1COCCN1c1cc(Br)cc(C#N)c1. The van der Waals surface area contributed by atoms with E-state index >= 15 is 0 Å². The van der Waals surface area contributed by atoms with E-state index in [1.165, 1.54) is 0 Å². The molecule has 1 atom stereocenters. The lowest BCUT2D eigenvalue weighted by Gasteiger charge is -2.36. The molecule has 0 saturated carbocycles. The molecule has 1 heterocycles. The number of hydrogen-bond acceptors (Lipinski definition) is 4. The van der Waals surface area contributed by atoms with E-state index < -0.39 is 0 Å². The van der Waals surface area contributed by atoms with Crippen LogP contribution in [0.25, 0.3) is 0 Å². The molecule has 1 unspecified atom stereocenters. The Bertz CT molecular complexity index is 569. The summed E-state index contributed by atoms with van der Waals surface area (Å²) in [6.45, 7) is 5.40. The number of carbonyl (C=O) groups is 1. The van der Waals surface area contributed by atoms with Crippen LogP contribution in [-0.2, 0) is 9.53 Å². The highest BCUT2D eigenvalue weighted by Gasteiger charge is 2.30. The van der Waals surface area contributed by atoms with Gasteiger partial charge in [0.15, 0.2) is 0 Å². The summed E-state index contributed by atoms with van der Waals surface area (Å²) < 4.78 is 6.27.